The quantitative estimate of drug-likeness (QED) is 0.871. The van der Waals surface area contributed by atoms with E-state index in [0.29, 0.717) is 17.4 Å². The molecule has 0 radical (unpaired) electrons. The van der Waals surface area contributed by atoms with Crippen LogP contribution >= 0.6 is 0 Å². The Morgan fingerprint density at radius 3 is 2.62 bits per heavy atom. The zero-order valence-corrected chi connectivity index (χ0v) is 12.1. The van der Waals surface area contributed by atoms with Gasteiger partial charge in [-0.15, -0.1) is 0 Å². The molecular weight excluding hydrogens is 269 g/mol. The minimum Gasteiger partial charge on any atom is -0.302 e. The highest BCUT2D eigenvalue weighted by molar-refractivity contribution is 5.77. The Morgan fingerprint density at radius 1 is 1.10 bits per heavy atom. The summed E-state index contributed by atoms with van der Waals surface area (Å²) in [4.78, 5) is 19.0. The molecule has 4 nitrogen and oxygen atoms in total. The molecule has 21 heavy (non-hydrogen) atoms. The molecule has 0 N–H and O–H groups in total. The number of halogens is 1. The predicted octanol–water partition coefficient (Wildman–Crippen LogP) is 2.41. The van der Waals surface area contributed by atoms with Gasteiger partial charge in [-0.1, -0.05) is 12.8 Å². The van der Waals surface area contributed by atoms with Crippen molar-refractivity contribution in [3.8, 4) is 0 Å². The highest BCUT2D eigenvalue weighted by Crippen LogP contribution is 2.10. The smallest absolute Gasteiger partial charge is 0.261 e. The number of fused-ring (bicyclic) bond motifs is 1. The number of nitrogens with zero attached hydrogens (tertiary/aromatic N) is 3. The van der Waals surface area contributed by atoms with E-state index < -0.39 is 0 Å². The van der Waals surface area contributed by atoms with Gasteiger partial charge in [0.2, 0.25) is 0 Å². The van der Waals surface area contributed by atoms with E-state index in [4.69, 9.17) is 0 Å². The largest absolute Gasteiger partial charge is 0.302 e. The summed E-state index contributed by atoms with van der Waals surface area (Å²) in [5, 5.41) is 0.481. The molecule has 112 valence electrons. The van der Waals surface area contributed by atoms with Crippen LogP contribution in [0.4, 0.5) is 4.39 Å². The molecule has 0 aliphatic carbocycles. The molecule has 0 unspecified atom stereocenters. The van der Waals surface area contributed by atoms with Crippen molar-refractivity contribution in [1.82, 2.24) is 14.5 Å². The Bertz CT molecular complexity index is 675. The molecule has 1 aliphatic rings. The number of likely N-dealkylation sites (tertiary alicyclic amines) is 1. The second-order valence-corrected chi connectivity index (χ2v) is 5.66. The van der Waals surface area contributed by atoms with Crippen LogP contribution in [-0.4, -0.2) is 34.1 Å². The van der Waals surface area contributed by atoms with Crippen molar-refractivity contribution < 1.29 is 4.39 Å². The predicted molar refractivity (Wildman–Crippen MR) is 80.9 cm³/mol. The zero-order chi connectivity index (χ0) is 14.7. The Morgan fingerprint density at radius 2 is 1.86 bits per heavy atom. The molecule has 0 bridgehead atoms. The SMILES string of the molecule is O=c1c2ccc(F)cc2ncn1CCN1CCCCCC1. The van der Waals surface area contributed by atoms with E-state index in [2.05, 4.69) is 9.88 Å². The fourth-order valence-electron chi connectivity index (χ4n) is 2.90. The van der Waals surface area contributed by atoms with Crippen LogP contribution < -0.4 is 5.56 Å². The van der Waals surface area contributed by atoms with Crippen LogP contribution in [0.15, 0.2) is 29.3 Å². The fourth-order valence-corrected chi connectivity index (χ4v) is 2.90. The third-order valence-electron chi connectivity index (χ3n) is 4.14. The summed E-state index contributed by atoms with van der Waals surface area (Å²) in [7, 11) is 0. The first-order valence-electron chi connectivity index (χ1n) is 7.61. The Hall–Kier alpha value is -1.75. The lowest BCUT2D eigenvalue weighted by Crippen LogP contribution is -2.31. The lowest BCUT2D eigenvalue weighted by atomic mass is 10.2. The van der Waals surface area contributed by atoms with Crippen molar-refractivity contribution in [3.63, 3.8) is 0 Å². The number of rotatable bonds is 3. The van der Waals surface area contributed by atoms with Crippen molar-refractivity contribution >= 4 is 10.9 Å². The van der Waals surface area contributed by atoms with Crippen LogP contribution in [0.25, 0.3) is 10.9 Å². The summed E-state index contributed by atoms with van der Waals surface area (Å²) >= 11 is 0. The van der Waals surface area contributed by atoms with Crippen LogP contribution in [0.1, 0.15) is 25.7 Å². The first-order valence-corrected chi connectivity index (χ1v) is 7.61. The molecule has 2 aromatic rings. The first-order chi connectivity index (χ1) is 10.2. The minimum atomic E-state index is -0.364. The molecule has 1 aromatic carbocycles. The number of hydrogen-bond acceptors (Lipinski definition) is 3. The van der Waals surface area contributed by atoms with Crippen molar-refractivity contribution in [2.24, 2.45) is 0 Å². The second-order valence-electron chi connectivity index (χ2n) is 5.66. The lowest BCUT2D eigenvalue weighted by molar-refractivity contribution is 0.272. The van der Waals surface area contributed by atoms with Gasteiger partial charge in [-0.2, -0.15) is 0 Å². The molecule has 1 aromatic heterocycles. The van der Waals surface area contributed by atoms with Gasteiger partial charge in [-0.25, -0.2) is 9.37 Å². The van der Waals surface area contributed by atoms with Gasteiger partial charge in [0.1, 0.15) is 5.82 Å². The van der Waals surface area contributed by atoms with E-state index in [0.717, 1.165) is 19.6 Å². The van der Waals surface area contributed by atoms with Gasteiger partial charge in [-0.05, 0) is 38.1 Å². The molecule has 0 amide bonds. The number of benzene rings is 1. The number of hydrogen-bond donors (Lipinski definition) is 0. The molecule has 2 heterocycles. The molecule has 3 rings (SSSR count). The molecule has 1 fully saturated rings. The molecule has 0 saturated carbocycles. The Balaban J connectivity index is 1.76. The van der Waals surface area contributed by atoms with Gasteiger partial charge >= 0.3 is 0 Å². The van der Waals surface area contributed by atoms with Crippen LogP contribution in [0, 0.1) is 5.82 Å². The topological polar surface area (TPSA) is 38.1 Å². The van der Waals surface area contributed by atoms with Crippen molar-refractivity contribution in [2.45, 2.75) is 32.2 Å². The average molecular weight is 289 g/mol. The molecule has 1 saturated heterocycles. The Kier molecular flexibility index (Phi) is 4.29. The summed E-state index contributed by atoms with van der Waals surface area (Å²) in [6.07, 6.45) is 6.62. The average Bonchev–Trinajstić information content (AvgIpc) is 2.75. The summed E-state index contributed by atoms with van der Waals surface area (Å²) in [6, 6.07) is 4.13. The highest BCUT2D eigenvalue weighted by atomic mass is 19.1. The fraction of sp³-hybridized carbons (Fsp3) is 0.500. The van der Waals surface area contributed by atoms with Crippen LogP contribution in [-0.2, 0) is 6.54 Å². The van der Waals surface area contributed by atoms with Crippen LogP contribution in [0.3, 0.4) is 0 Å². The van der Waals surface area contributed by atoms with Gasteiger partial charge in [0.05, 0.1) is 17.2 Å². The number of aromatic nitrogens is 2. The van der Waals surface area contributed by atoms with Gasteiger partial charge in [0.25, 0.3) is 5.56 Å². The maximum Gasteiger partial charge on any atom is 0.261 e. The monoisotopic (exact) mass is 289 g/mol. The van der Waals surface area contributed by atoms with E-state index in [1.54, 1.807) is 4.57 Å². The second kappa shape index (κ2) is 6.35. The maximum absolute atomic E-state index is 13.1. The zero-order valence-electron chi connectivity index (χ0n) is 12.1. The maximum atomic E-state index is 13.1. The van der Waals surface area contributed by atoms with Crippen LogP contribution in [0.2, 0.25) is 0 Å². The molecule has 5 heteroatoms. The molecular formula is C16H20FN3O. The minimum absolute atomic E-state index is 0.0881. The summed E-state index contributed by atoms with van der Waals surface area (Å²) < 4.78 is 14.8. The summed E-state index contributed by atoms with van der Waals surface area (Å²) in [5.74, 6) is -0.364. The van der Waals surface area contributed by atoms with E-state index >= 15 is 0 Å². The molecule has 0 spiro atoms. The standard InChI is InChI=1S/C16H20FN3O/c17-13-5-6-14-15(11-13)18-12-20(16(14)21)10-9-19-7-3-1-2-4-8-19/h5-6,11-12H,1-4,7-10H2. The van der Waals surface area contributed by atoms with Crippen LogP contribution in [0.5, 0.6) is 0 Å². The van der Waals surface area contributed by atoms with E-state index in [1.165, 1.54) is 50.2 Å². The normalized spacial score (nSPS) is 17.0. The van der Waals surface area contributed by atoms with Gasteiger partial charge in [-0.3, -0.25) is 9.36 Å². The third-order valence-corrected chi connectivity index (χ3v) is 4.14. The third kappa shape index (κ3) is 3.29. The van der Waals surface area contributed by atoms with E-state index in [9.17, 15) is 9.18 Å². The van der Waals surface area contributed by atoms with Crippen molar-refractivity contribution in [3.05, 3.63) is 40.7 Å². The van der Waals surface area contributed by atoms with Crippen molar-refractivity contribution in [2.75, 3.05) is 19.6 Å². The van der Waals surface area contributed by atoms with Gasteiger partial charge in [0.15, 0.2) is 0 Å². The first kappa shape index (κ1) is 14.2. The summed E-state index contributed by atoms with van der Waals surface area (Å²) in [6.45, 7) is 3.73. The molecule has 0 atom stereocenters. The van der Waals surface area contributed by atoms with Crippen molar-refractivity contribution in [1.29, 1.82) is 0 Å². The van der Waals surface area contributed by atoms with Gasteiger partial charge < -0.3 is 4.90 Å². The molecule has 1 aliphatic heterocycles. The van der Waals surface area contributed by atoms with E-state index in [-0.39, 0.29) is 11.4 Å². The van der Waals surface area contributed by atoms with Gasteiger partial charge in [0, 0.05) is 19.2 Å². The Labute approximate surface area is 123 Å². The van der Waals surface area contributed by atoms with E-state index in [1.807, 2.05) is 0 Å². The lowest BCUT2D eigenvalue weighted by Gasteiger charge is -2.20. The highest BCUT2D eigenvalue weighted by Gasteiger charge is 2.10. The summed E-state index contributed by atoms with van der Waals surface area (Å²) in [5.41, 5.74) is 0.334.